The van der Waals surface area contributed by atoms with E-state index in [9.17, 15) is 19.8 Å². The second-order valence-electron chi connectivity index (χ2n) is 17.9. The second-order valence-corrected chi connectivity index (χ2v) is 17.9. The molecule has 0 heterocycles. The highest BCUT2D eigenvalue weighted by molar-refractivity contribution is 5.76. The van der Waals surface area contributed by atoms with Crippen LogP contribution in [0.4, 0.5) is 0 Å². The Balaban J connectivity index is 3.46. The number of ether oxygens (including phenoxy) is 1. The summed E-state index contributed by atoms with van der Waals surface area (Å²) in [6.45, 7) is 4.88. The number of unbranched alkanes of at least 4 members (excludes halogenated alkanes) is 33. The van der Waals surface area contributed by atoms with Crippen molar-refractivity contribution < 1.29 is 24.5 Å². The maximum absolute atomic E-state index is 12.4. The van der Waals surface area contributed by atoms with Crippen LogP contribution in [-0.4, -0.2) is 47.4 Å². The van der Waals surface area contributed by atoms with Crippen molar-refractivity contribution in [3.05, 3.63) is 24.3 Å². The maximum Gasteiger partial charge on any atom is 0.305 e. The molecule has 2 atom stereocenters. The minimum Gasteiger partial charge on any atom is -0.466 e. The third kappa shape index (κ3) is 45.7. The average Bonchev–Trinajstić information content (AvgIpc) is 3.24. The van der Waals surface area contributed by atoms with Gasteiger partial charge in [-0.1, -0.05) is 237 Å². The molecular weight excluding hydrogens is 731 g/mol. The zero-order valence-electron chi connectivity index (χ0n) is 39.5. The van der Waals surface area contributed by atoms with Crippen LogP contribution in [0.25, 0.3) is 0 Å². The molecule has 0 aliphatic heterocycles. The van der Waals surface area contributed by atoms with Gasteiger partial charge in [0.1, 0.15) is 0 Å². The van der Waals surface area contributed by atoms with Gasteiger partial charge in [-0.25, -0.2) is 0 Å². The van der Waals surface area contributed by atoms with Crippen molar-refractivity contribution in [2.24, 2.45) is 0 Å². The molecule has 0 rings (SSSR count). The normalized spacial score (nSPS) is 12.8. The fourth-order valence-electron chi connectivity index (χ4n) is 7.95. The summed E-state index contributed by atoms with van der Waals surface area (Å²) < 4.78 is 5.45. The Morgan fingerprint density at radius 1 is 0.475 bits per heavy atom. The van der Waals surface area contributed by atoms with Gasteiger partial charge in [0.25, 0.3) is 0 Å². The van der Waals surface area contributed by atoms with E-state index in [0.717, 1.165) is 64.2 Å². The summed E-state index contributed by atoms with van der Waals surface area (Å²) in [5.74, 6) is -0.0679. The van der Waals surface area contributed by atoms with E-state index in [1.165, 1.54) is 180 Å². The molecule has 0 fully saturated rings. The van der Waals surface area contributed by atoms with Crippen molar-refractivity contribution in [2.45, 2.75) is 289 Å². The monoisotopic (exact) mass is 832 g/mol. The Morgan fingerprint density at radius 2 is 0.864 bits per heavy atom. The number of allylic oxidation sites excluding steroid dienone is 4. The lowest BCUT2D eigenvalue weighted by atomic mass is 10.0. The zero-order valence-corrected chi connectivity index (χ0v) is 39.5. The second kappa shape index (κ2) is 49.0. The number of aliphatic hydroxyl groups excluding tert-OH is 2. The van der Waals surface area contributed by atoms with Crippen molar-refractivity contribution in [2.75, 3.05) is 13.2 Å². The van der Waals surface area contributed by atoms with E-state index in [2.05, 4.69) is 43.5 Å². The lowest BCUT2D eigenvalue weighted by Crippen LogP contribution is -2.45. The number of carbonyl (C=O) groups excluding carboxylic acids is 2. The highest BCUT2D eigenvalue weighted by Gasteiger charge is 2.20. The average molecular weight is 832 g/mol. The lowest BCUT2D eigenvalue weighted by Gasteiger charge is -2.22. The SMILES string of the molecule is CCCC/C=C\C/C=C\CCCCCCCC(=O)OCCCCCCCCCCCCCCCC(=O)NC(CO)C(O)CCCCCCCCCCCCCCCCC. The Hall–Kier alpha value is -1.66. The van der Waals surface area contributed by atoms with Gasteiger partial charge in [0, 0.05) is 12.8 Å². The molecule has 0 saturated carbocycles. The van der Waals surface area contributed by atoms with E-state index in [4.69, 9.17) is 4.74 Å². The van der Waals surface area contributed by atoms with Gasteiger partial charge in [-0.05, 0) is 51.4 Å². The van der Waals surface area contributed by atoms with Crippen LogP contribution in [0.5, 0.6) is 0 Å². The standard InChI is InChI=1S/C53H101NO5/c1-3-5-7-9-11-13-15-17-19-21-25-29-33-37-41-45-51(56)50(49-55)54-52(57)46-42-38-34-30-26-22-20-24-28-32-36-40-44-48-59-53(58)47-43-39-35-31-27-23-18-16-14-12-10-8-6-4-2/h10,12,16,18,50-51,55-56H,3-9,11,13-15,17,19-49H2,1-2H3,(H,54,57)/b12-10-,18-16-. The van der Waals surface area contributed by atoms with Crippen LogP contribution < -0.4 is 5.32 Å². The summed E-state index contributed by atoms with van der Waals surface area (Å²) in [4.78, 5) is 24.5. The van der Waals surface area contributed by atoms with Crippen molar-refractivity contribution in [3.8, 4) is 0 Å². The Bertz CT molecular complexity index is 920. The molecule has 0 spiro atoms. The number of rotatable bonds is 48. The molecule has 0 saturated heterocycles. The zero-order chi connectivity index (χ0) is 43.0. The first-order chi connectivity index (χ1) is 29.0. The van der Waals surface area contributed by atoms with Gasteiger partial charge in [0.15, 0.2) is 0 Å². The largest absolute Gasteiger partial charge is 0.466 e. The summed E-state index contributed by atoms with van der Waals surface area (Å²) in [6.07, 6.45) is 57.1. The molecular formula is C53H101NO5. The van der Waals surface area contributed by atoms with Crippen LogP contribution in [0.2, 0.25) is 0 Å². The topological polar surface area (TPSA) is 95.9 Å². The molecule has 0 aromatic carbocycles. The van der Waals surface area contributed by atoms with E-state index >= 15 is 0 Å². The van der Waals surface area contributed by atoms with Gasteiger partial charge in [-0.15, -0.1) is 0 Å². The highest BCUT2D eigenvalue weighted by Crippen LogP contribution is 2.16. The van der Waals surface area contributed by atoms with Gasteiger partial charge in [0.2, 0.25) is 5.91 Å². The molecule has 0 aliphatic carbocycles. The summed E-state index contributed by atoms with van der Waals surface area (Å²) in [5.41, 5.74) is 0. The first-order valence-electron chi connectivity index (χ1n) is 26.1. The smallest absolute Gasteiger partial charge is 0.305 e. The third-order valence-corrected chi connectivity index (χ3v) is 12.0. The van der Waals surface area contributed by atoms with Crippen molar-refractivity contribution in [1.82, 2.24) is 5.32 Å². The third-order valence-electron chi connectivity index (χ3n) is 12.0. The minimum atomic E-state index is -0.673. The quantitative estimate of drug-likeness (QED) is 0.0322. The van der Waals surface area contributed by atoms with Crippen molar-refractivity contribution in [3.63, 3.8) is 0 Å². The van der Waals surface area contributed by atoms with Crippen LogP contribution in [0, 0.1) is 0 Å². The molecule has 0 aliphatic rings. The summed E-state index contributed by atoms with van der Waals surface area (Å²) in [5, 5.41) is 23.2. The molecule has 6 nitrogen and oxygen atoms in total. The Labute approximate surface area is 367 Å². The maximum atomic E-state index is 12.4. The van der Waals surface area contributed by atoms with Gasteiger partial charge in [0.05, 0.1) is 25.4 Å². The molecule has 2 unspecified atom stereocenters. The number of esters is 1. The molecule has 0 aromatic rings. The summed E-state index contributed by atoms with van der Waals surface area (Å²) >= 11 is 0. The summed E-state index contributed by atoms with van der Waals surface area (Å²) in [7, 11) is 0. The predicted octanol–water partition coefficient (Wildman–Crippen LogP) is 15.5. The first-order valence-corrected chi connectivity index (χ1v) is 26.1. The van der Waals surface area contributed by atoms with Crippen LogP contribution in [0.1, 0.15) is 277 Å². The molecule has 0 aromatic heterocycles. The fraction of sp³-hybridized carbons (Fsp3) is 0.887. The first kappa shape index (κ1) is 57.3. The van der Waals surface area contributed by atoms with Crippen LogP contribution in [0.3, 0.4) is 0 Å². The number of nitrogens with one attached hydrogen (secondary N) is 1. The minimum absolute atomic E-state index is 0.0200. The van der Waals surface area contributed by atoms with Crippen LogP contribution in [0.15, 0.2) is 24.3 Å². The summed E-state index contributed by atoms with van der Waals surface area (Å²) in [6, 6.07) is -0.551. The molecule has 3 N–H and O–H groups in total. The predicted molar refractivity (Wildman–Crippen MR) is 255 cm³/mol. The molecule has 59 heavy (non-hydrogen) atoms. The Morgan fingerprint density at radius 3 is 1.34 bits per heavy atom. The number of hydrogen-bond acceptors (Lipinski definition) is 5. The molecule has 0 radical (unpaired) electrons. The van der Waals surface area contributed by atoms with Gasteiger partial charge in [-0.2, -0.15) is 0 Å². The Kier molecular flexibility index (Phi) is 47.6. The van der Waals surface area contributed by atoms with E-state index < -0.39 is 12.1 Å². The van der Waals surface area contributed by atoms with E-state index in [1.807, 2.05) is 0 Å². The van der Waals surface area contributed by atoms with Crippen molar-refractivity contribution >= 4 is 11.9 Å². The van der Waals surface area contributed by atoms with Crippen LogP contribution >= 0.6 is 0 Å². The van der Waals surface area contributed by atoms with Crippen LogP contribution in [-0.2, 0) is 14.3 Å². The highest BCUT2D eigenvalue weighted by atomic mass is 16.5. The van der Waals surface area contributed by atoms with E-state index in [-0.39, 0.29) is 18.5 Å². The molecule has 0 bridgehead atoms. The van der Waals surface area contributed by atoms with E-state index in [1.54, 1.807) is 0 Å². The number of hydrogen-bond donors (Lipinski definition) is 3. The number of amides is 1. The molecule has 348 valence electrons. The van der Waals surface area contributed by atoms with Gasteiger partial charge in [-0.3, -0.25) is 9.59 Å². The molecule has 1 amide bonds. The lowest BCUT2D eigenvalue weighted by molar-refractivity contribution is -0.143. The van der Waals surface area contributed by atoms with Gasteiger partial charge >= 0.3 is 5.97 Å². The van der Waals surface area contributed by atoms with Crippen molar-refractivity contribution in [1.29, 1.82) is 0 Å². The van der Waals surface area contributed by atoms with E-state index in [0.29, 0.717) is 25.9 Å². The fourth-order valence-corrected chi connectivity index (χ4v) is 7.95. The number of carbonyl (C=O) groups is 2. The number of aliphatic hydroxyl groups is 2. The molecule has 6 heteroatoms. The van der Waals surface area contributed by atoms with Gasteiger partial charge < -0.3 is 20.3 Å².